The number of aryl methyl sites for hydroxylation is 2. The van der Waals surface area contributed by atoms with Gasteiger partial charge in [-0.15, -0.1) is 0 Å². The molecule has 5 heteroatoms. The lowest BCUT2D eigenvalue weighted by Crippen LogP contribution is -2.09. The molecule has 2 aromatic carbocycles. The van der Waals surface area contributed by atoms with Crippen LogP contribution in [0.5, 0.6) is 0 Å². The highest BCUT2D eigenvalue weighted by atomic mass is 35.5. The Morgan fingerprint density at radius 2 is 1.71 bits per heavy atom. The zero-order valence-electron chi connectivity index (χ0n) is 11.8. The third-order valence-corrected chi connectivity index (χ3v) is 4.19. The van der Waals surface area contributed by atoms with Crippen molar-refractivity contribution in [1.29, 1.82) is 0 Å². The largest absolute Gasteiger partial charge is 0.280 e. The fourth-order valence-corrected chi connectivity index (χ4v) is 2.92. The van der Waals surface area contributed by atoms with Crippen molar-refractivity contribution in [3.05, 3.63) is 69.6 Å². The molecule has 0 aliphatic carbocycles. The first kappa shape index (κ1) is 15.6. The van der Waals surface area contributed by atoms with Crippen LogP contribution in [-0.4, -0.2) is 8.42 Å². The Labute approximate surface area is 130 Å². The third-order valence-electron chi connectivity index (χ3n) is 2.94. The molecule has 0 unspecified atom stereocenters. The summed E-state index contributed by atoms with van der Waals surface area (Å²) >= 11 is 5.78. The SMILES string of the molecule is Cc1ccc(NS(=O)(=O)/C=C/c2ccc(Cl)cc2)c(C)c1. The van der Waals surface area contributed by atoms with Crippen molar-refractivity contribution in [3.8, 4) is 0 Å². The number of hydrogen-bond donors (Lipinski definition) is 1. The summed E-state index contributed by atoms with van der Waals surface area (Å²) in [5.41, 5.74) is 3.33. The van der Waals surface area contributed by atoms with Gasteiger partial charge in [0.2, 0.25) is 0 Å². The summed E-state index contributed by atoms with van der Waals surface area (Å²) in [6, 6.07) is 12.5. The zero-order chi connectivity index (χ0) is 15.5. The van der Waals surface area contributed by atoms with Gasteiger partial charge in [-0.2, -0.15) is 0 Å². The van der Waals surface area contributed by atoms with Crippen molar-refractivity contribution in [1.82, 2.24) is 0 Å². The highest BCUT2D eigenvalue weighted by molar-refractivity contribution is 7.95. The summed E-state index contributed by atoms with van der Waals surface area (Å²) in [6.07, 6.45) is 1.53. The van der Waals surface area contributed by atoms with Crippen LogP contribution in [0, 0.1) is 13.8 Å². The number of rotatable bonds is 4. The van der Waals surface area contributed by atoms with E-state index >= 15 is 0 Å². The molecule has 0 aliphatic rings. The topological polar surface area (TPSA) is 46.2 Å². The number of hydrogen-bond acceptors (Lipinski definition) is 2. The van der Waals surface area contributed by atoms with Gasteiger partial charge in [0.1, 0.15) is 0 Å². The molecule has 0 bridgehead atoms. The van der Waals surface area contributed by atoms with E-state index in [1.807, 2.05) is 26.0 Å². The number of benzene rings is 2. The van der Waals surface area contributed by atoms with Gasteiger partial charge in [-0.3, -0.25) is 4.72 Å². The Kier molecular flexibility index (Phi) is 4.70. The third kappa shape index (κ3) is 4.62. The minimum Gasteiger partial charge on any atom is -0.280 e. The summed E-state index contributed by atoms with van der Waals surface area (Å²) in [4.78, 5) is 0. The molecule has 0 aliphatic heterocycles. The van der Waals surface area contributed by atoms with Crippen LogP contribution in [0.15, 0.2) is 47.9 Å². The predicted molar refractivity (Wildman–Crippen MR) is 88.9 cm³/mol. The van der Waals surface area contributed by atoms with Crippen LogP contribution in [0.3, 0.4) is 0 Å². The fraction of sp³-hybridized carbons (Fsp3) is 0.125. The van der Waals surface area contributed by atoms with Gasteiger partial charge in [-0.25, -0.2) is 8.42 Å². The van der Waals surface area contributed by atoms with Crippen LogP contribution >= 0.6 is 11.6 Å². The monoisotopic (exact) mass is 321 g/mol. The van der Waals surface area contributed by atoms with Gasteiger partial charge in [-0.05, 0) is 49.2 Å². The van der Waals surface area contributed by atoms with E-state index < -0.39 is 10.0 Å². The molecule has 110 valence electrons. The van der Waals surface area contributed by atoms with Crippen molar-refractivity contribution in [3.63, 3.8) is 0 Å². The quantitative estimate of drug-likeness (QED) is 0.909. The normalized spacial score (nSPS) is 11.8. The van der Waals surface area contributed by atoms with Crippen LogP contribution in [0.4, 0.5) is 5.69 Å². The molecule has 0 amide bonds. The highest BCUT2D eigenvalue weighted by Crippen LogP contribution is 2.18. The van der Waals surface area contributed by atoms with E-state index in [0.29, 0.717) is 10.7 Å². The molecule has 21 heavy (non-hydrogen) atoms. The first-order chi connectivity index (χ1) is 9.85. The van der Waals surface area contributed by atoms with E-state index in [-0.39, 0.29) is 0 Å². The Balaban J connectivity index is 2.16. The molecule has 0 saturated heterocycles. The summed E-state index contributed by atoms with van der Waals surface area (Å²) in [5, 5.41) is 1.76. The van der Waals surface area contributed by atoms with Crippen molar-refractivity contribution >= 4 is 33.4 Å². The molecule has 0 radical (unpaired) electrons. The van der Waals surface area contributed by atoms with Crippen molar-refractivity contribution in [2.45, 2.75) is 13.8 Å². The number of sulfonamides is 1. The predicted octanol–water partition coefficient (Wildman–Crippen LogP) is 4.37. The van der Waals surface area contributed by atoms with E-state index in [2.05, 4.69) is 4.72 Å². The van der Waals surface area contributed by atoms with Gasteiger partial charge in [0.25, 0.3) is 10.0 Å². The van der Waals surface area contributed by atoms with Crippen molar-refractivity contribution in [2.24, 2.45) is 0 Å². The number of nitrogens with one attached hydrogen (secondary N) is 1. The average Bonchev–Trinajstić information content (AvgIpc) is 2.41. The van der Waals surface area contributed by atoms with E-state index in [9.17, 15) is 8.42 Å². The molecule has 0 fully saturated rings. The van der Waals surface area contributed by atoms with Gasteiger partial charge in [-0.1, -0.05) is 41.4 Å². The van der Waals surface area contributed by atoms with E-state index in [1.165, 1.54) is 6.08 Å². The van der Waals surface area contributed by atoms with Gasteiger partial charge >= 0.3 is 0 Å². The Bertz CT molecular complexity index is 765. The van der Waals surface area contributed by atoms with Gasteiger partial charge in [0, 0.05) is 5.02 Å². The first-order valence-electron chi connectivity index (χ1n) is 6.39. The lowest BCUT2D eigenvalue weighted by Gasteiger charge is -2.08. The first-order valence-corrected chi connectivity index (χ1v) is 8.32. The fourth-order valence-electron chi connectivity index (χ4n) is 1.86. The minimum absolute atomic E-state index is 0.585. The van der Waals surface area contributed by atoms with Gasteiger partial charge in [0.15, 0.2) is 0 Å². The molecule has 0 saturated carbocycles. The summed E-state index contributed by atoms with van der Waals surface area (Å²) in [6.45, 7) is 3.83. The molecule has 2 aromatic rings. The maximum Gasteiger partial charge on any atom is 0.255 e. The Morgan fingerprint density at radius 3 is 2.33 bits per heavy atom. The molecule has 2 rings (SSSR count). The highest BCUT2D eigenvalue weighted by Gasteiger charge is 2.07. The Hall–Kier alpha value is -1.78. The zero-order valence-corrected chi connectivity index (χ0v) is 13.4. The van der Waals surface area contributed by atoms with Gasteiger partial charge < -0.3 is 0 Å². The second-order valence-corrected chi connectivity index (χ2v) is 6.82. The van der Waals surface area contributed by atoms with E-state index in [0.717, 1.165) is 22.1 Å². The van der Waals surface area contributed by atoms with E-state index in [4.69, 9.17) is 11.6 Å². The second-order valence-electron chi connectivity index (χ2n) is 4.82. The molecule has 1 N–H and O–H groups in total. The standard InChI is InChI=1S/C16H16ClNO2S/c1-12-3-8-16(13(2)11-12)18-21(19,20)10-9-14-4-6-15(17)7-5-14/h3-11,18H,1-2H3/b10-9+. The molecule has 3 nitrogen and oxygen atoms in total. The lowest BCUT2D eigenvalue weighted by atomic mass is 10.1. The molecule has 0 atom stereocenters. The minimum atomic E-state index is -3.54. The van der Waals surface area contributed by atoms with E-state index in [1.54, 1.807) is 30.3 Å². The molecule has 0 spiro atoms. The smallest absolute Gasteiger partial charge is 0.255 e. The number of halogens is 1. The second kappa shape index (κ2) is 6.33. The van der Waals surface area contributed by atoms with Gasteiger partial charge in [0.05, 0.1) is 11.1 Å². The average molecular weight is 322 g/mol. The van der Waals surface area contributed by atoms with Crippen LogP contribution < -0.4 is 4.72 Å². The molecule has 0 heterocycles. The molecular formula is C16H16ClNO2S. The van der Waals surface area contributed by atoms with Crippen LogP contribution in [0.25, 0.3) is 6.08 Å². The van der Waals surface area contributed by atoms with Crippen LogP contribution in [0.2, 0.25) is 5.02 Å². The van der Waals surface area contributed by atoms with Crippen molar-refractivity contribution < 1.29 is 8.42 Å². The maximum atomic E-state index is 12.1. The molecular weight excluding hydrogens is 306 g/mol. The summed E-state index contributed by atoms with van der Waals surface area (Å²) in [5.74, 6) is 0. The van der Waals surface area contributed by atoms with Crippen LogP contribution in [0.1, 0.15) is 16.7 Å². The summed E-state index contributed by atoms with van der Waals surface area (Å²) < 4.78 is 26.7. The lowest BCUT2D eigenvalue weighted by molar-refractivity contribution is 0.609. The van der Waals surface area contributed by atoms with Crippen molar-refractivity contribution in [2.75, 3.05) is 4.72 Å². The number of anilines is 1. The van der Waals surface area contributed by atoms with Crippen LogP contribution in [-0.2, 0) is 10.0 Å². The Morgan fingerprint density at radius 1 is 1.05 bits per heavy atom. The summed E-state index contributed by atoms with van der Waals surface area (Å²) in [7, 11) is -3.54. The molecule has 0 aromatic heterocycles. The maximum absolute atomic E-state index is 12.1.